The molecular weight excluding hydrogens is 359 g/mol. The Morgan fingerprint density at radius 3 is 2.77 bits per heavy atom. The molecule has 2 N–H and O–H groups in total. The third-order valence-corrected chi connectivity index (χ3v) is 5.85. The van der Waals surface area contributed by atoms with Crippen molar-refractivity contribution in [1.29, 1.82) is 0 Å². The zero-order valence-corrected chi connectivity index (χ0v) is 14.5. The lowest BCUT2D eigenvalue weighted by atomic mass is 10.1. The molecule has 1 aromatic heterocycles. The highest BCUT2D eigenvalue weighted by molar-refractivity contribution is 8.01. The van der Waals surface area contributed by atoms with Gasteiger partial charge in [-0.15, -0.1) is 11.3 Å². The van der Waals surface area contributed by atoms with Crippen molar-refractivity contribution in [2.24, 2.45) is 0 Å². The van der Waals surface area contributed by atoms with Gasteiger partial charge in [-0.25, -0.2) is 4.98 Å². The van der Waals surface area contributed by atoms with E-state index < -0.39 is 0 Å². The Labute approximate surface area is 145 Å². The predicted molar refractivity (Wildman–Crippen MR) is 94.6 cm³/mol. The second-order valence-electron chi connectivity index (χ2n) is 4.63. The number of rotatable bonds is 3. The van der Waals surface area contributed by atoms with Crippen LogP contribution >= 0.6 is 46.3 Å². The Hall–Kier alpha value is -1.27. The maximum atomic E-state index is 11.8. The summed E-state index contributed by atoms with van der Waals surface area (Å²) >= 11 is 15.1. The highest BCUT2D eigenvalue weighted by atomic mass is 35.5. The molecule has 0 amide bonds. The van der Waals surface area contributed by atoms with Crippen molar-refractivity contribution in [1.82, 2.24) is 4.98 Å². The number of carbonyl (C=O) groups excluding carboxylic acids is 1. The van der Waals surface area contributed by atoms with Gasteiger partial charge in [-0.05, 0) is 37.3 Å². The first-order valence-electron chi connectivity index (χ1n) is 6.28. The van der Waals surface area contributed by atoms with Crippen LogP contribution in [0.3, 0.4) is 0 Å². The van der Waals surface area contributed by atoms with Gasteiger partial charge in [0.25, 0.3) is 0 Å². The zero-order chi connectivity index (χ0) is 15.9. The lowest BCUT2D eigenvalue weighted by Crippen LogP contribution is -1.98. The largest absolute Gasteiger partial charge is 0.399 e. The molecule has 7 heteroatoms. The Morgan fingerprint density at radius 1 is 1.27 bits per heavy atom. The Morgan fingerprint density at radius 2 is 2.05 bits per heavy atom. The molecule has 0 saturated carbocycles. The molecule has 0 unspecified atom stereocenters. The first kappa shape index (κ1) is 15.6. The van der Waals surface area contributed by atoms with Gasteiger partial charge in [-0.3, -0.25) is 4.79 Å². The van der Waals surface area contributed by atoms with E-state index in [1.54, 1.807) is 12.1 Å². The number of benzene rings is 2. The second-order valence-corrected chi connectivity index (χ2v) is 7.76. The molecule has 0 atom stereocenters. The molecule has 3 rings (SSSR count). The number of ketones is 1. The van der Waals surface area contributed by atoms with Crippen molar-refractivity contribution < 1.29 is 4.79 Å². The number of anilines is 1. The molecule has 0 aliphatic carbocycles. The van der Waals surface area contributed by atoms with Crippen LogP contribution in [-0.2, 0) is 0 Å². The summed E-state index contributed by atoms with van der Waals surface area (Å²) in [5.41, 5.74) is 7.57. The number of nitrogens with zero attached hydrogens (tertiary/aromatic N) is 1. The summed E-state index contributed by atoms with van der Waals surface area (Å²) in [6, 6.07) is 8.85. The van der Waals surface area contributed by atoms with Crippen LogP contribution in [0.25, 0.3) is 10.2 Å². The van der Waals surface area contributed by atoms with E-state index in [0.717, 1.165) is 14.6 Å². The molecule has 112 valence electrons. The number of fused-ring (bicyclic) bond motifs is 1. The summed E-state index contributed by atoms with van der Waals surface area (Å²) in [6.07, 6.45) is 0. The van der Waals surface area contributed by atoms with Gasteiger partial charge in [0.1, 0.15) is 0 Å². The smallest absolute Gasteiger partial charge is 0.161 e. The normalized spacial score (nSPS) is 11.0. The molecule has 1 heterocycles. The second kappa shape index (κ2) is 6.08. The van der Waals surface area contributed by atoms with Gasteiger partial charge in [0, 0.05) is 21.2 Å². The number of Topliss-reactive ketones (excluding diaryl/α,β-unsaturated/α-hetero) is 1. The Bertz CT molecular complexity index is 893. The predicted octanol–water partition coefficient (Wildman–Crippen LogP) is 5.54. The minimum atomic E-state index is -0.0825. The molecule has 2 aromatic carbocycles. The van der Waals surface area contributed by atoms with Crippen molar-refractivity contribution in [3.63, 3.8) is 0 Å². The van der Waals surface area contributed by atoms with Gasteiger partial charge in [-0.1, -0.05) is 35.0 Å². The van der Waals surface area contributed by atoms with Crippen molar-refractivity contribution in [2.75, 3.05) is 5.73 Å². The van der Waals surface area contributed by atoms with Gasteiger partial charge in [-0.2, -0.15) is 0 Å². The summed E-state index contributed by atoms with van der Waals surface area (Å²) < 4.78 is 1.83. The standard InChI is InChI=1S/C15H10Cl2N2OS2/c1-7(20)10-5-9(18)6-11(17)14(10)22-15-19-12-4-8(16)2-3-13(12)21-15/h2-6H,18H2,1H3. The van der Waals surface area contributed by atoms with Crippen LogP contribution in [0.4, 0.5) is 5.69 Å². The highest BCUT2D eigenvalue weighted by Gasteiger charge is 2.16. The van der Waals surface area contributed by atoms with E-state index in [1.165, 1.54) is 30.0 Å². The van der Waals surface area contributed by atoms with Gasteiger partial charge < -0.3 is 5.73 Å². The van der Waals surface area contributed by atoms with Crippen LogP contribution in [0, 0.1) is 0 Å². The minimum absolute atomic E-state index is 0.0825. The zero-order valence-electron chi connectivity index (χ0n) is 11.4. The van der Waals surface area contributed by atoms with Gasteiger partial charge in [0.05, 0.1) is 15.2 Å². The van der Waals surface area contributed by atoms with Crippen molar-refractivity contribution in [2.45, 2.75) is 16.2 Å². The summed E-state index contributed by atoms with van der Waals surface area (Å²) in [5, 5.41) is 1.09. The van der Waals surface area contributed by atoms with Crippen molar-refractivity contribution in [3.8, 4) is 0 Å². The van der Waals surface area contributed by atoms with Crippen LogP contribution in [0.15, 0.2) is 39.6 Å². The van der Waals surface area contributed by atoms with Crippen LogP contribution in [0.2, 0.25) is 10.0 Å². The number of hydrogen-bond acceptors (Lipinski definition) is 5. The monoisotopic (exact) mass is 368 g/mol. The number of nitrogen functional groups attached to an aromatic ring is 1. The van der Waals surface area contributed by atoms with Crippen molar-refractivity contribution >= 4 is 68.0 Å². The third kappa shape index (κ3) is 3.08. The first-order chi connectivity index (χ1) is 10.4. The van der Waals surface area contributed by atoms with Crippen LogP contribution < -0.4 is 5.73 Å². The molecule has 0 fully saturated rings. The fourth-order valence-corrected chi connectivity index (χ4v) is 4.65. The van der Waals surface area contributed by atoms with E-state index in [0.29, 0.717) is 26.2 Å². The SMILES string of the molecule is CC(=O)c1cc(N)cc(Cl)c1Sc1nc2cc(Cl)ccc2s1. The fourth-order valence-electron chi connectivity index (χ4n) is 1.99. The van der Waals surface area contributed by atoms with Crippen LogP contribution in [0.5, 0.6) is 0 Å². The quantitative estimate of drug-likeness (QED) is 0.487. The van der Waals surface area contributed by atoms with Crippen LogP contribution in [0.1, 0.15) is 17.3 Å². The van der Waals surface area contributed by atoms with Crippen LogP contribution in [-0.4, -0.2) is 10.8 Å². The van der Waals surface area contributed by atoms with E-state index in [4.69, 9.17) is 28.9 Å². The molecule has 0 aliphatic rings. The average molecular weight is 369 g/mol. The number of nitrogens with two attached hydrogens (primary N) is 1. The molecule has 0 bridgehead atoms. The molecule has 0 spiro atoms. The number of carbonyl (C=O) groups is 1. The summed E-state index contributed by atoms with van der Waals surface area (Å²) in [7, 11) is 0. The summed E-state index contributed by atoms with van der Waals surface area (Å²) in [5.74, 6) is -0.0825. The number of aromatic nitrogens is 1. The maximum Gasteiger partial charge on any atom is 0.161 e. The van der Waals surface area contributed by atoms with Gasteiger partial charge in [0.15, 0.2) is 10.1 Å². The van der Waals surface area contributed by atoms with E-state index in [2.05, 4.69) is 4.98 Å². The Kier molecular flexibility index (Phi) is 4.32. The van der Waals surface area contributed by atoms with E-state index >= 15 is 0 Å². The van der Waals surface area contributed by atoms with Gasteiger partial charge >= 0.3 is 0 Å². The van der Waals surface area contributed by atoms with E-state index in [9.17, 15) is 4.79 Å². The summed E-state index contributed by atoms with van der Waals surface area (Å²) in [6.45, 7) is 1.49. The fraction of sp³-hybridized carbons (Fsp3) is 0.0667. The lowest BCUT2D eigenvalue weighted by Gasteiger charge is -2.08. The number of halogens is 2. The average Bonchev–Trinajstić information content (AvgIpc) is 2.82. The van der Waals surface area contributed by atoms with Gasteiger partial charge in [0.2, 0.25) is 0 Å². The topological polar surface area (TPSA) is 56.0 Å². The molecule has 0 aliphatic heterocycles. The molecule has 0 saturated heterocycles. The lowest BCUT2D eigenvalue weighted by molar-refractivity contribution is 0.101. The van der Waals surface area contributed by atoms with E-state index in [-0.39, 0.29) is 5.78 Å². The molecule has 22 heavy (non-hydrogen) atoms. The minimum Gasteiger partial charge on any atom is -0.399 e. The van der Waals surface area contributed by atoms with Crippen molar-refractivity contribution in [3.05, 3.63) is 45.9 Å². The first-order valence-corrected chi connectivity index (χ1v) is 8.67. The van der Waals surface area contributed by atoms with E-state index in [1.807, 2.05) is 18.2 Å². The number of thiazole rings is 1. The molecule has 3 aromatic rings. The third-order valence-electron chi connectivity index (χ3n) is 2.96. The molecule has 3 nitrogen and oxygen atoms in total. The summed E-state index contributed by atoms with van der Waals surface area (Å²) in [4.78, 5) is 17.0. The number of hydrogen-bond donors (Lipinski definition) is 1. The molecule has 0 radical (unpaired) electrons. The highest BCUT2D eigenvalue weighted by Crippen LogP contribution is 2.41. The molecular formula is C15H10Cl2N2OS2. The maximum absolute atomic E-state index is 11.8. The Balaban J connectivity index is 2.06.